The fourth-order valence-electron chi connectivity index (χ4n) is 1.89. The number of furan rings is 1. The Morgan fingerprint density at radius 2 is 2.44 bits per heavy atom. The molecule has 0 saturated carbocycles. The lowest BCUT2D eigenvalue weighted by atomic mass is 10.2. The van der Waals surface area contributed by atoms with Gasteiger partial charge >= 0.3 is 0 Å². The first-order valence-electron chi connectivity index (χ1n) is 5.60. The molecule has 16 heavy (non-hydrogen) atoms. The summed E-state index contributed by atoms with van der Waals surface area (Å²) in [5, 5.41) is 3.38. The Bertz CT molecular complexity index is 324. The van der Waals surface area contributed by atoms with Crippen molar-refractivity contribution in [2.45, 2.75) is 25.0 Å². The molecular formula is C11H17BrN2O2. The Morgan fingerprint density at radius 1 is 1.56 bits per heavy atom. The number of nitrogens with one attached hydrogen (secondary N) is 1. The van der Waals surface area contributed by atoms with Gasteiger partial charge in [-0.1, -0.05) is 0 Å². The van der Waals surface area contributed by atoms with E-state index in [1.165, 1.54) is 0 Å². The van der Waals surface area contributed by atoms with Crippen LogP contribution in [0.4, 0.5) is 0 Å². The maximum atomic E-state index is 5.72. The Hall–Kier alpha value is -0.360. The molecule has 2 unspecified atom stereocenters. The summed E-state index contributed by atoms with van der Waals surface area (Å²) in [5.41, 5.74) is 5.72. The molecule has 90 valence electrons. The first-order valence-corrected chi connectivity index (χ1v) is 6.39. The number of nitrogens with two attached hydrogens (primary N) is 1. The second-order valence-corrected chi connectivity index (χ2v) is 4.76. The molecule has 1 saturated heterocycles. The lowest BCUT2D eigenvalue weighted by Crippen LogP contribution is -2.33. The summed E-state index contributed by atoms with van der Waals surface area (Å²) in [4.78, 5) is 0. The number of hydrogen-bond donors (Lipinski definition) is 2. The third-order valence-electron chi connectivity index (χ3n) is 2.79. The summed E-state index contributed by atoms with van der Waals surface area (Å²) in [7, 11) is 0. The molecular weight excluding hydrogens is 272 g/mol. The van der Waals surface area contributed by atoms with Crippen LogP contribution in [0.15, 0.2) is 21.2 Å². The van der Waals surface area contributed by atoms with E-state index >= 15 is 0 Å². The molecule has 0 bridgehead atoms. The van der Waals surface area contributed by atoms with Gasteiger partial charge in [0.15, 0.2) is 4.67 Å². The van der Waals surface area contributed by atoms with Crippen LogP contribution in [-0.4, -0.2) is 25.8 Å². The number of rotatable bonds is 5. The quantitative estimate of drug-likeness (QED) is 0.868. The van der Waals surface area contributed by atoms with Crippen molar-refractivity contribution >= 4 is 15.9 Å². The van der Waals surface area contributed by atoms with Crippen molar-refractivity contribution < 1.29 is 9.15 Å². The third-order valence-corrected chi connectivity index (χ3v) is 3.22. The summed E-state index contributed by atoms with van der Waals surface area (Å²) in [6.45, 7) is 2.23. The SMILES string of the molecule is NCC(NCC1CCCO1)c1ccc(Br)o1. The summed E-state index contributed by atoms with van der Waals surface area (Å²) in [5.74, 6) is 0.868. The maximum Gasteiger partial charge on any atom is 0.169 e. The highest BCUT2D eigenvalue weighted by atomic mass is 79.9. The third kappa shape index (κ3) is 3.07. The van der Waals surface area contributed by atoms with Crippen LogP contribution >= 0.6 is 15.9 Å². The normalized spacial score (nSPS) is 22.5. The highest BCUT2D eigenvalue weighted by Gasteiger charge is 2.19. The molecule has 1 fully saturated rings. The molecule has 0 radical (unpaired) electrons. The molecule has 0 amide bonds. The average Bonchev–Trinajstić information content (AvgIpc) is 2.91. The predicted octanol–water partition coefficient (Wildman–Crippen LogP) is 1.81. The molecule has 3 N–H and O–H groups in total. The van der Waals surface area contributed by atoms with Gasteiger partial charge in [0, 0.05) is 19.7 Å². The molecule has 5 heteroatoms. The van der Waals surface area contributed by atoms with Gasteiger partial charge in [0.1, 0.15) is 5.76 Å². The molecule has 1 aliphatic rings. The predicted molar refractivity (Wildman–Crippen MR) is 65.2 cm³/mol. The van der Waals surface area contributed by atoms with E-state index in [1.807, 2.05) is 12.1 Å². The average molecular weight is 289 g/mol. The van der Waals surface area contributed by atoms with Crippen LogP contribution in [0.2, 0.25) is 0 Å². The fraction of sp³-hybridized carbons (Fsp3) is 0.636. The Labute approximate surface area is 104 Å². The van der Waals surface area contributed by atoms with Crippen molar-refractivity contribution in [3.05, 3.63) is 22.6 Å². The zero-order valence-corrected chi connectivity index (χ0v) is 10.7. The van der Waals surface area contributed by atoms with E-state index in [1.54, 1.807) is 0 Å². The summed E-state index contributed by atoms with van der Waals surface area (Å²) >= 11 is 3.29. The van der Waals surface area contributed by atoms with Gasteiger partial charge < -0.3 is 20.2 Å². The topological polar surface area (TPSA) is 60.4 Å². The molecule has 1 aliphatic heterocycles. The van der Waals surface area contributed by atoms with Crippen molar-refractivity contribution in [1.82, 2.24) is 5.32 Å². The standard InChI is InChI=1S/C11H17BrN2O2/c12-11-4-3-10(16-11)9(6-13)14-7-8-2-1-5-15-8/h3-4,8-9,14H,1-2,5-7,13H2. The van der Waals surface area contributed by atoms with Crippen LogP contribution in [0.25, 0.3) is 0 Å². The number of ether oxygens (including phenoxy) is 1. The van der Waals surface area contributed by atoms with Crippen LogP contribution in [-0.2, 0) is 4.74 Å². The fourth-order valence-corrected chi connectivity index (χ4v) is 2.21. The first kappa shape index (κ1) is 12.1. The van der Waals surface area contributed by atoms with Gasteiger partial charge in [-0.05, 0) is 40.9 Å². The molecule has 0 aliphatic carbocycles. The highest BCUT2D eigenvalue weighted by molar-refractivity contribution is 9.10. The lowest BCUT2D eigenvalue weighted by Gasteiger charge is -2.17. The van der Waals surface area contributed by atoms with E-state index in [0.717, 1.165) is 36.4 Å². The van der Waals surface area contributed by atoms with E-state index in [4.69, 9.17) is 14.9 Å². The second-order valence-electron chi connectivity index (χ2n) is 3.97. The van der Waals surface area contributed by atoms with Crippen LogP contribution in [0.3, 0.4) is 0 Å². The van der Waals surface area contributed by atoms with Gasteiger partial charge in [0.2, 0.25) is 0 Å². The van der Waals surface area contributed by atoms with Crippen molar-refractivity contribution in [2.24, 2.45) is 5.73 Å². The van der Waals surface area contributed by atoms with Crippen LogP contribution < -0.4 is 11.1 Å². The minimum atomic E-state index is 0.0653. The largest absolute Gasteiger partial charge is 0.453 e. The van der Waals surface area contributed by atoms with E-state index in [-0.39, 0.29) is 6.04 Å². The smallest absolute Gasteiger partial charge is 0.169 e. The first-order chi connectivity index (χ1) is 7.79. The van der Waals surface area contributed by atoms with Crippen LogP contribution in [0, 0.1) is 0 Å². The second kappa shape index (κ2) is 5.82. The van der Waals surface area contributed by atoms with Gasteiger partial charge in [0.05, 0.1) is 12.1 Å². The molecule has 4 nitrogen and oxygen atoms in total. The van der Waals surface area contributed by atoms with E-state index in [0.29, 0.717) is 12.6 Å². The van der Waals surface area contributed by atoms with Crippen molar-refractivity contribution in [3.8, 4) is 0 Å². The van der Waals surface area contributed by atoms with Gasteiger partial charge in [-0.3, -0.25) is 0 Å². The van der Waals surface area contributed by atoms with Crippen molar-refractivity contribution in [2.75, 3.05) is 19.7 Å². The van der Waals surface area contributed by atoms with Gasteiger partial charge in [-0.25, -0.2) is 0 Å². The molecule has 0 aromatic carbocycles. The molecule has 1 aromatic heterocycles. The van der Waals surface area contributed by atoms with Gasteiger partial charge in [-0.2, -0.15) is 0 Å². The molecule has 2 atom stereocenters. The van der Waals surface area contributed by atoms with E-state index in [9.17, 15) is 0 Å². The van der Waals surface area contributed by atoms with Gasteiger partial charge in [0.25, 0.3) is 0 Å². The molecule has 1 aromatic rings. The van der Waals surface area contributed by atoms with E-state index < -0.39 is 0 Å². The minimum Gasteiger partial charge on any atom is -0.453 e. The van der Waals surface area contributed by atoms with Gasteiger partial charge in [-0.15, -0.1) is 0 Å². The summed E-state index contributed by atoms with van der Waals surface area (Å²) in [6, 6.07) is 3.88. The van der Waals surface area contributed by atoms with Crippen molar-refractivity contribution in [3.63, 3.8) is 0 Å². The Balaban J connectivity index is 1.85. The zero-order chi connectivity index (χ0) is 11.4. The van der Waals surface area contributed by atoms with Crippen molar-refractivity contribution in [1.29, 1.82) is 0 Å². The molecule has 0 spiro atoms. The van der Waals surface area contributed by atoms with Crippen LogP contribution in [0.5, 0.6) is 0 Å². The zero-order valence-electron chi connectivity index (χ0n) is 9.12. The minimum absolute atomic E-state index is 0.0653. The van der Waals surface area contributed by atoms with Crippen LogP contribution in [0.1, 0.15) is 24.6 Å². The monoisotopic (exact) mass is 288 g/mol. The lowest BCUT2D eigenvalue weighted by molar-refractivity contribution is 0.107. The highest BCUT2D eigenvalue weighted by Crippen LogP contribution is 2.20. The molecule has 2 heterocycles. The summed E-state index contributed by atoms with van der Waals surface area (Å²) in [6.07, 6.45) is 2.62. The summed E-state index contributed by atoms with van der Waals surface area (Å²) < 4.78 is 11.8. The Morgan fingerprint density at radius 3 is 3.00 bits per heavy atom. The Kier molecular flexibility index (Phi) is 4.40. The molecule has 2 rings (SSSR count). The van der Waals surface area contributed by atoms with E-state index in [2.05, 4.69) is 21.2 Å². The number of hydrogen-bond acceptors (Lipinski definition) is 4. The number of halogens is 1. The maximum absolute atomic E-state index is 5.72.